The van der Waals surface area contributed by atoms with Gasteiger partial charge in [0.15, 0.2) is 0 Å². The van der Waals surface area contributed by atoms with Crippen molar-refractivity contribution in [2.75, 3.05) is 7.11 Å². The van der Waals surface area contributed by atoms with Gasteiger partial charge in [0.25, 0.3) is 0 Å². The lowest BCUT2D eigenvalue weighted by atomic mass is 10.0. The van der Waals surface area contributed by atoms with Crippen molar-refractivity contribution in [1.82, 2.24) is 4.98 Å². The molecule has 4 rings (SSSR count). The van der Waals surface area contributed by atoms with Crippen LogP contribution in [0.1, 0.15) is 10.4 Å². The van der Waals surface area contributed by atoms with Crippen LogP contribution in [-0.2, 0) is 4.74 Å². The number of esters is 1. The first-order chi connectivity index (χ1) is 13.3. The van der Waals surface area contributed by atoms with Crippen LogP contribution in [0.2, 0.25) is 0 Å². The van der Waals surface area contributed by atoms with Crippen molar-refractivity contribution in [2.45, 2.75) is 0 Å². The summed E-state index contributed by atoms with van der Waals surface area (Å²) >= 11 is 0. The Morgan fingerprint density at radius 2 is 1.33 bits per heavy atom. The van der Waals surface area contributed by atoms with Crippen molar-refractivity contribution in [3.63, 3.8) is 0 Å². The third-order valence-electron chi connectivity index (χ3n) is 4.58. The summed E-state index contributed by atoms with van der Waals surface area (Å²) in [7, 11) is 1.39. The fraction of sp³-hybridized carbons (Fsp3) is 0.0417. The number of methoxy groups -OCH3 is 1. The van der Waals surface area contributed by atoms with Crippen LogP contribution in [-0.4, -0.2) is 18.1 Å². The summed E-state index contributed by atoms with van der Waals surface area (Å²) in [5.41, 5.74) is 7.08. The Hall–Kier alpha value is -3.59. The first-order valence-electron chi connectivity index (χ1n) is 8.79. The minimum absolute atomic E-state index is 0.331. The summed E-state index contributed by atoms with van der Waals surface area (Å²) in [5.74, 6) is -0.331. The molecule has 27 heavy (non-hydrogen) atoms. The van der Waals surface area contributed by atoms with Crippen LogP contribution >= 0.6 is 0 Å². The molecular formula is C24H19NO2. The van der Waals surface area contributed by atoms with Crippen LogP contribution in [0.3, 0.4) is 0 Å². The van der Waals surface area contributed by atoms with E-state index in [0.717, 1.165) is 33.6 Å². The zero-order chi connectivity index (χ0) is 18.6. The normalized spacial score (nSPS) is 10.6. The molecule has 0 aliphatic heterocycles. The summed E-state index contributed by atoms with van der Waals surface area (Å²) in [5, 5.41) is 0. The number of carbonyl (C=O) groups is 1. The first-order valence-corrected chi connectivity index (χ1v) is 8.79. The number of benzene rings is 3. The second-order valence-electron chi connectivity index (χ2n) is 6.27. The van der Waals surface area contributed by atoms with Crippen molar-refractivity contribution in [3.05, 3.63) is 96.6 Å². The van der Waals surface area contributed by atoms with E-state index in [4.69, 9.17) is 4.74 Å². The highest BCUT2D eigenvalue weighted by Gasteiger charge is 2.13. The maximum Gasteiger partial charge on any atom is 0.337 e. The number of carbonyl (C=O) groups excluding carboxylic acids is 1. The van der Waals surface area contributed by atoms with Crippen molar-refractivity contribution in [2.24, 2.45) is 0 Å². The largest absolute Gasteiger partial charge is 0.465 e. The number of rotatable bonds is 4. The molecule has 1 N–H and O–H groups in total. The SMILES string of the molecule is COC(=O)c1ccc(-c2cc(-c3ccccc3)c(-c3ccccc3)[nH]2)cc1. The fourth-order valence-corrected chi connectivity index (χ4v) is 3.19. The lowest BCUT2D eigenvalue weighted by Gasteiger charge is -2.04. The Balaban J connectivity index is 1.81. The Bertz CT molecular complexity index is 992. The maximum atomic E-state index is 11.7. The molecule has 0 unspecified atom stereocenters. The number of H-pyrrole nitrogens is 1. The summed E-state index contributed by atoms with van der Waals surface area (Å²) in [6, 6.07) is 30.2. The average Bonchev–Trinajstić information content (AvgIpc) is 3.20. The molecule has 0 spiro atoms. The first kappa shape index (κ1) is 16.9. The predicted octanol–water partition coefficient (Wildman–Crippen LogP) is 5.80. The second kappa shape index (κ2) is 7.34. The van der Waals surface area contributed by atoms with E-state index in [2.05, 4.69) is 35.3 Å². The van der Waals surface area contributed by atoms with Gasteiger partial charge in [0.2, 0.25) is 0 Å². The molecule has 0 saturated carbocycles. The van der Waals surface area contributed by atoms with E-state index in [1.54, 1.807) is 12.1 Å². The molecular weight excluding hydrogens is 334 g/mol. The third-order valence-corrected chi connectivity index (χ3v) is 4.58. The van der Waals surface area contributed by atoms with Gasteiger partial charge in [-0.1, -0.05) is 72.8 Å². The molecule has 1 heterocycles. The highest BCUT2D eigenvalue weighted by atomic mass is 16.5. The number of aromatic nitrogens is 1. The number of aromatic amines is 1. The molecule has 0 aliphatic rings. The Morgan fingerprint density at radius 3 is 1.93 bits per heavy atom. The van der Waals surface area contributed by atoms with Crippen LogP contribution in [0.4, 0.5) is 0 Å². The monoisotopic (exact) mass is 353 g/mol. The minimum Gasteiger partial charge on any atom is -0.465 e. The van der Waals surface area contributed by atoms with Crippen molar-refractivity contribution < 1.29 is 9.53 Å². The van der Waals surface area contributed by atoms with E-state index in [1.807, 2.05) is 48.5 Å². The summed E-state index contributed by atoms with van der Waals surface area (Å²) < 4.78 is 4.77. The molecule has 3 nitrogen and oxygen atoms in total. The zero-order valence-corrected chi connectivity index (χ0v) is 15.0. The van der Waals surface area contributed by atoms with Gasteiger partial charge >= 0.3 is 5.97 Å². The molecule has 3 heteroatoms. The lowest BCUT2D eigenvalue weighted by molar-refractivity contribution is 0.0601. The van der Waals surface area contributed by atoms with Crippen molar-refractivity contribution in [1.29, 1.82) is 0 Å². The standard InChI is InChI=1S/C24H19NO2/c1-27-24(26)20-14-12-18(13-15-20)22-16-21(17-8-4-2-5-9-17)23(25-22)19-10-6-3-7-11-19/h2-16,25H,1H3. The van der Waals surface area contributed by atoms with Gasteiger partial charge in [0.05, 0.1) is 18.4 Å². The minimum atomic E-state index is -0.331. The summed E-state index contributed by atoms with van der Waals surface area (Å²) in [6.45, 7) is 0. The van der Waals surface area contributed by atoms with Gasteiger partial charge in [-0.25, -0.2) is 4.79 Å². The van der Waals surface area contributed by atoms with Gasteiger partial charge in [-0.05, 0) is 34.9 Å². The molecule has 0 amide bonds. The summed E-state index contributed by atoms with van der Waals surface area (Å²) in [4.78, 5) is 15.2. The number of hydrogen-bond donors (Lipinski definition) is 1. The van der Waals surface area contributed by atoms with E-state index in [-0.39, 0.29) is 5.97 Å². The van der Waals surface area contributed by atoms with Crippen molar-refractivity contribution >= 4 is 5.97 Å². The van der Waals surface area contributed by atoms with Gasteiger partial charge < -0.3 is 9.72 Å². The van der Waals surface area contributed by atoms with Crippen molar-refractivity contribution in [3.8, 4) is 33.6 Å². The molecule has 0 bridgehead atoms. The van der Waals surface area contributed by atoms with Crippen LogP contribution in [0.5, 0.6) is 0 Å². The average molecular weight is 353 g/mol. The Kier molecular flexibility index (Phi) is 4.58. The molecule has 0 fully saturated rings. The van der Waals surface area contributed by atoms with Gasteiger partial charge in [-0.3, -0.25) is 0 Å². The molecule has 0 atom stereocenters. The topological polar surface area (TPSA) is 42.1 Å². The number of ether oxygens (including phenoxy) is 1. The maximum absolute atomic E-state index is 11.7. The number of hydrogen-bond acceptors (Lipinski definition) is 2. The van der Waals surface area contributed by atoms with Crippen LogP contribution in [0.25, 0.3) is 33.6 Å². The summed E-state index contributed by atoms with van der Waals surface area (Å²) in [6.07, 6.45) is 0. The van der Waals surface area contributed by atoms with Crippen LogP contribution < -0.4 is 0 Å². The predicted molar refractivity (Wildman–Crippen MR) is 108 cm³/mol. The molecule has 4 aromatic rings. The van der Waals surface area contributed by atoms with Gasteiger partial charge in [0.1, 0.15) is 0 Å². The van der Waals surface area contributed by atoms with Gasteiger partial charge in [0, 0.05) is 11.3 Å². The Labute approximate surface area is 158 Å². The van der Waals surface area contributed by atoms with Crippen LogP contribution in [0, 0.1) is 0 Å². The highest BCUT2D eigenvalue weighted by molar-refractivity contribution is 5.90. The van der Waals surface area contributed by atoms with E-state index in [9.17, 15) is 4.79 Å². The van der Waals surface area contributed by atoms with Gasteiger partial charge in [-0.2, -0.15) is 0 Å². The quantitative estimate of drug-likeness (QED) is 0.471. The highest BCUT2D eigenvalue weighted by Crippen LogP contribution is 2.35. The lowest BCUT2D eigenvalue weighted by Crippen LogP contribution is -2.00. The Morgan fingerprint density at radius 1 is 0.741 bits per heavy atom. The second-order valence-corrected chi connectivity index (χ2v) is 6.27. The van der Waals surface area contributed by atoms with E-state index in [1.165, 1.54) is 7.11 Å². The molecule has 1 aromatic heterocycles. The fourth-order valence-electron chi connectivity index (χ4n) is 3.19. The zero-order valence-electron chi connectivity index (χ0n) is 15.0. The van der Waals surface area contributed by atoms with E-state index < -0.39 is 0 Å². The van der Waals surface area contributed by atoms with E-state index >= 15 is 0 Å². The molecule has 0 aliphatic carbocycles. The molecule has 0 saturated heterocycles. The third kappa shape index (κ3) is 3.40. The molecule has 3 aromatic carbocycles. The smallest absolute Gasteiger partial charge is 0.337 e. The number of nitrogens with one attached hydrogen (secondary N) is 1. The van der Waals surface area contributed by atoms with E-state index in [0.29, 0.717) is 5.56 Å². The molecule has 132 valence electrons. The van der Waals surface area contributed by atoms with Gasteiger partial charge in [-0.15, -0.1) is 0 Å². The molecule has 0 radical (unpaired) electrons. The van der Waals surface area contributed by atoms with Crippen LogP contribution in [0.15, 0.2) is 91.0 Å².